The lowest BCUT2D eigenvalue weighted by molar-refractivity contribution is -0.0512. The van der Waals surface area contributed by atoms with Gasteiger partial charge in [-0.2, -0.15) is 8.78 Å². The number of anilines is 1. The van der Waals surface area contributed by atoms with E-state index in [0.29, 0.717) is 0 Å². The minimum absolute atomic E-state index is 0.00156. The molecule has 1 aromatic heterocycles. The normalized spacial score (nSPS) is 11.4. The van der Waals surface area contributed by atoms with Gasteiger partial charge in [-0.15, -0.1) is 11.3 Å². The number of ether oxygens (including phenoxy) is 2. The first-order valence-electron chi connectivity index (χ1n) is 5.61. The molecule has 1 heterocycles. The Morgan fingerprint density at radius 1 is 1.24 bits per heavy atom. The van der Waals surface area contributed by atoms with Crippen LogP contribution in [0.15, 0.2) is 39.9 Å². The highest BCUT2D eigenvalue weighted by Gasteiger charge is 2.17. The first-order chi connectivity index (χ1) is 9.92. The van der Waals surface area contributed by atoms with Crippen molar-refractivity contribution in [2.24, 2.45) is 0 Å². The second kappa shape index (κ2) is 6.27. The van der Waals surface area contributed by atoms with E-state index in [1.54, 1.807) is 11.4 Å². The Morgan fingerprint density at radius 2 is 2.00 bits per heavy atom. The van der Waals surface area contributed by atoms with Gasteiger partial charge in [0, 0.05) is 6.07 Å². The predicted molar refractivity (Wildman–Crippen MR) is 74.8 cm³/mol. The molecule has 0 spiro atoms. The van der Waals surface area contributed by atoms with Gasteiger partial charge in [0.2, 0.25) is 0 Å². The van der Waals surface area contributed by atoms with E-state index in [0.717, 1.165) is 11.3 Å². The van der Waals surface area contributed by atoms with E-state index in [1.807, 2.05) is 0 Å². The lowest BCUT2D eigenvalue weighted by Gasteiger charge is -2.12. The number of hydrogen-bond donors (Lipinski definition) is 1. The monoisotopic (exact) mass is 335 g/mol. The molecular formula is C12H11F2NO4S2. The van der Waals surface area contributed by atoms with E-state index in [4.69, 9.17) is 4.74 Å². The number of sulfonamides is 1. The first kappa shape index (κ1) is 15.5. The summed E-state index contributed by atoms with van der Waals surface area (Å²) >= 11 is 1.07. The lowest BCUT2D eigenvalue weighted by atomic mass is 10.3. The Kier molecular flexibility index (Phi) is 4.63. The molecule has 0 aliphatic rings. The fourth-order valence-corrected chi connectivity index (χ4v) is 3.59. The maximum absolute atomic E-state index is 12.2. The van der Waals surface area contributed by atoms with Crippen LogP contribution in [-0.4, -0.2) is 22.1 Å². The topological polar surface area (TPSA) is 64.6 Å². The highest BCUT2D eigenvalue weighted by molar-refractivity contribution is 7.94. The SMILES string of the molecule is COc1cc(NS(=O)(=O)c2cccs2)ccc1OC(F)F. The van der Waals surface area contributed by atoms with Crippen molar-refractivity contribution in [1.82, 2.24) is 0 Å². The van der Waals surface area contributed by atoms with Crippen molar-refractivity contribution in [1.29, 1.82) is 0 Å². The van der Waals surface area contributed by atoms with Crippen molar-refractivity contribution < 1.29 is 26.7 Å². The summed E-state index contributed by atoms with van der Waals surface area (Å²) in [5, 5.41) is 1.63. The van der Waals surface area contributed by atoms with Gasteiger partial charge in [-0.3, -0.25) is 4.72 Å². The Morgan fingerprint density at radius 3 is 2.57 bits per heavy atom. The van der Waals surface area contributed by atoms with Crippen molar-refractivity contribution in [2.75, 3.05) is 11.8 Å². The molecule has 0 fully saturated rings. The molecule has 5 nitrogen and oxygen atoms in total. The van der Waals surface area contributed by atoms with Gasteiger partial charge in [-0.1, -0.05) is 6.07 Å². The third kappa shape index (κ3) is 3.82. The Hall–Kier alpha value is -1.87. The van der Waals surface area contributed by atoms with Gasteiger partial charge >= 0.3 is 6.61 Å². The quantitative estimate of drug-likeness (QED) is 0.881. The highest BCUT2D eigenvalue weighted by Crippen LogP contribution is 2.32. The van der Waals surface area contributed by atoms with Crippen LogP contribution >= 0.6 is 11.3 Å². The van der Waals surface area contributed by atoms with Crippen LogP contribution in [0.5, 0.6) is 11.5 Å². The molecule has 1 N–H and O–H groups in total. The molecule has 0 saturated heterocycles. The zero-order valence-corrected chi connectivity index (χ0v) is 12.4. The minimum atomic E-state index is -3.71. The minimum Gasteiger partial charge on any atom is -0.493 e. The van der Waals surface area contributed by atoms with E-state index in [2.05, 4.69) is 9.46 Å². The number of methoxy groups -OCH3 is 1. The van der Waals surface area contributed by atoms with E-state index < -0.39 is 16.6 Å². The second-order valence-electron chi connectivity index (χ2n) is 3.78. The first-order valence-corrected chi connectivity index (χ1v) is 7.98. The van der Waals surface area contributed by atoms with Crippen LogP contribution < -0.4 is 14.2 Å². The van der Waals surface area contributed by atoms with Crippen molar-refractivity contribution in [3.63, 3.8) is 0 Å². The zero-order chi connectivity index (χ0) is 15.5. The van der Waals surface area contributed by atoms with Crippen molar-refractivity contribution in [3.8, 4) is 11.5 Å². The van der Waals surface area contributed by atoms with Gasteiger partial charge in [-0.05, 0) is 23.6 Å². The van der Waals surface area contributed by atoms with E-state index in [-0.39, 0.29) is 21.4 Å². The summed E-state index contributed by atoms with van der Waals surface area (Å²) < 4.78 is 60.1. The third-order valence-electron chi connectivity index (χ3n) is 2.39. The molecular weight excluding hydrogens is 324 g/mol. The van der Waals surface area contributed by atoms with E-state index in [9.17, 15) is 17.2 Å². The van der Waals surface area contributed by atoms with Crippen LogP contribution in [-0.2, 0) is 10.0 Å². The number of halogens is 2. The Bertz CT molecular complexity index is 702. The van der Waals surface area contributed by atoms with Gasteiger partial charge in [0.25, 0.3) is 10.0 Å². The summed E-state index contributed by atoms with van der Waals surface area (Å²) in [6.07, 6.45) is 0. The summed E-state index contributed by atoms with van der Waals surface area (Å²) in [5.74, 6) is -0.173. The summed E-state index contributed by atoms with van der Waals surface area (Å²) in [6, 6.07) is 6.85. The molecule has 0 radical (unpaired) electrons. The third-order valence-corrected chi connectivity index (χ3v) is 5.17. The van der Waals surface area contributed by atoms with E-state index >= 15 is 0 Å². The van der Waals surface area contributed by atoms with Gasteiger partial charge in [0.05, 0.1) is 12.8 Å². The molecule has 114 valence electrons. The molecule has 0 aliphatic carbocycles. The van der Waals surface area contributed by atoms with E-state index in [1.165, 1.54) is 31.4 Å². The summed E-state index contributed by atoms with van der Waals surface area (Å²) in [5.41, 5.74) is 0.182. The molecule has 0 bridgehead atoms. The number of nitrogens with one attached hydrogen (secondary N) is 1. The fourth-order valence-electron chi connectivity index (χ4n) is 1.55. The van der Waals surface area contributed by atoms with Crippen LogP contribution in [0.4, 0.5) is 14.5 Å². The maximum Gasteiger partial charge on any atom is 0.387 e. The maximum atomic E-state index is 12.2. The molecule has 0 aliphatic heterocycles. The average Bonchev–Trinajstić information content (AvgIpc) is 2.94. The summed E-state index contributed by atoms with van der Waals surface area (Å²) in [7, 11) is -2.44. The molecule has 0 amide bonds. The predicted octanol–water partition coefficient (Wildman–Crippen LogP) is 3.16. The number of alkyl halides is 2. The fraction of sp³-hybridized carbons (Fsp3) is 0.167. The molecule has 21 heavy (non-hydrogen) atoms. The standard InChI is InChI=1S/C12H11F2NO4S2/c1-18-10-7-8(4-5-9(10)19-12(13)14)15-21(16,17)11-3-2-6-20-11/h2-7,12,15H,1H3. The Balaban J connectivity index is 2.26. The van der Waals surface area contributed by atoms with Crippen LogP contribution in [0, 0.1) is 0 Å². The molecule has 0 unspecified atom stereocenters. The second-order valence-corrected chi connectivity index (χ2v) is 6.64. The smallest absolute Gasteiger partial charge is 0.387 e. The highest BCUT2D eigenvalue weighted by atomic mass is 32.2. The van der Waals surface area contributed by atoms with Gasteiger partial charge in [0.15, 0.2) is 11.5 Å². The van der Waals surface area contributed by atoms with Crippen LogP contribution in [0.1, 0.15) is 0 Å². The van der Waals surface area contributed by atoms with Crippen molar-refractivity contribution in [2.45, 2.75) is 10.8 Å². The summed E-state index contributed by atoms with van der Waals surface area (Å²) in [6.45, 7) is -2.99. The van der Waals surface area contributed by atoms with Gasteiger partial charge in [-0.25, -0.2) is 8.42 Å². The molecule has 9 heteroatoms. The largest absolute Gasteiger partial charge is 0.493 e. The van der Waals surface area contributed by atoms with Crippen LogP contribution in [0.2, 0.25) is 0 Å². The number of hydrogen-bond acceptors (Lipinski definition) is 5. The molecule has 0 atom stereocenters. The van der Waals surface area contributed by atoms with Gasteiger partial charge < -0.3 is 9.47 Å². The molecule has 2 rings (SSSR count). The molecule has 2 aromatic rings. The van der Waals surface area contributed by atoms with Gasteiger partial charge in [0.1, 0.15) is 4.21 Å². The lowest BCUT2D eigenvalue weighted by Crippen LogP contribution is -2.11. The summed E-state index contributed by atoms with van der Waals surface area (Å²) in [4.78, 5) is 0. The molecule has 1 aromatic carbocycles. The zero-order valence-electron chi connectivity index (χ0n) is 10.7. The number of thiophene rings is 1. The average molecular weight is 335 g/mol. The van der Waals surface area contributed by atoms with Crippen molar-refractivity contribution in [3.05, 3.63) is 35.7 Å². The number of rotatable bonds is 6. The van der Waals surface area contributed by atoms with Crippen LogP contribution in [0.25, 0.3) is 0 Å². The molecule has 0 saturated carbocycles. The Labute approximate surface area is 124 Å². The number of benzene rings is 1. The van der Waals surface area contributed by atoms with Crippen LogP contribution in [0.3, 0.4) is 0 Å². The van der Waals surface area contributed by atoms with Crippen molar-refractivity contribution >= 4 is 27.0 Å².